The number of rotatable bonds is 6. The van der Waals surface area contributed by atoms with Gasteiger partial charge in [-0.25, -0.2) is 13.2 Å². The molecule has 2 aromatic carbocycles. The Kier molecular flexibility index (Phi) is 5.18. The average molecular weight is 373 g/mol. The second-order valence-corrected chi connectivity index (χ2v) is 8.46. The van der Waals surface area contributed by atoms with Crippen LogP contribution in [0.25, 0.3) is 0 Å². The highest BCUT2D eigenvalue weighted by molar-refractivity contribution is 7.92. The molecule has 0 aliphatic heterocycles. The minimum Gasteiger partial charge on any atom is -0.335 e. The highest BCUT2D eigenvalue weighted by Gasteiger charge is 2.23. The van der Waals surface area contributed by atoms with E-state index in [1.807, 2.05) is 12.1 Å². The van der Waals surface area contributed by atoms with Crippen LogP contribution < -0.4 is 15.4 Å². The SMILES string of the molecule is CC(C)c1ccc(S(=O)(=O)Nc2ccc(NC(=O)NC3CC3)cc2)cc1. The highest BCUT2D eigenvalue weighted by atomic mass is 32.2. The molecule has 2 aromatic rings. The topological polar surface area (TPSA) is 87.3 Å². The van der Waals surface area contributed by atoms with Gasteiger partial charge in [0.25, 0.3) is 10.0 Å². The normalized spacial score (nSPS) is 14.1. The summed E-state index contributed by atoms with van der Waals surface area (Å²) in [5, 5.41) is 5.55. The number of carbonyl (C=O) groups is 1. The third kappa shape index (κ3) is 4.76. The van der Waals surface area contributed by atoms with Gasteiger partial charge >= 0.3 is 6.03 Å². The molecule has 0 spiro atoms. The molecular formula is C19H23N3O3S. The van der Waals surface area contributed by atoms with Crippen LogP contribution in [0.2, 0.25) is 0 Å². The molecule has 0 heterocycles. The van der Waals surface area contributed by atoms with E-state index in [2.05, 4.69) is 29.2 Å². The van der Waals surface area contributed by atoms with Gasteiger partial charge in [-0.2, -0.15) is 0 Å². The lowest BCUT2D eigenvalue weighted by Gasteiger charge is -2.11. The molecule has 0 atom stereocenters. The summed E-state index contributed by atoms with van der Waals surface area (Å²) in [5.41, 5.74) is 2.13. The Labute approximate surface area is 154 Å². The first-order valence-electron chi connectivity index (χ1n) is 8.64. The molecule has 7 heteroatoms. The van der Waals surface area contributed by atoms with Gasteiger partial charge in [0.2, 0.25) is 0 Å². The molecule has 3 N–H and O–H groups in total. The Balaban J connectivity index is 1.64. The van der Waals surface area contributed by atoms with Crippen molar-refractivity contribution >= 4 is 27.4 Å². The molecular weight excluding hydrogens is 350 g/mol. The molecule has 0 radical (unpaired) electrons. The zero-order valence-corrected chi connectivity index (χ0v) is 15.6. The fraction of sp³-hybridized carbons (Fsp3) is 0.316. The lowest BCUT2D eigenvalue weighted by Crippen LogP contribution is -2.30. The van der Waals surface area contributed by atoms with Crippen molar-refractivity contribution in [3.8, 4) is 0 Å². The van der Waals surface area contributed by atoms with Crippen molar-refractivity contribution < 1.29 is 13.2 Å². The van der Waals surface area contributed by atoms with Crippen LogP contribution >= 0.6 is 0 Å². The van der Waals surface area contributed by atoms with Crippen molar-refractivity contribution in [1.82, 2.24) is 5.32 Å². The highest BCUT2D eigenvalue weighted by Crippen LogP contribution is 2.22. The van der Waals surface area contributed by atoms with E-state index < -0.39 is 10.0 Å². The Hall–Kier alpha value is -2.54. The van der Waals surface area contributed by atoms with Crippen LogP contribution in [0.3, 0.4) is 0 Å². The molecule has 3 rings (SSSR count). The van der Waals surface area contributed by atoms with Crippen LogP contribution in [0.15, 0.2) is 53.4 Å². The molecule has 2 amide bonds. The zero-order chi connectivity index (χ0) is 18.7. The third-order valence-electron chi connectivity index (χ3n) is 4.16. The van der Waals surface area contributed by atoms with Gasteiger partial charge in [0, 0.05) is 17.4 Å². The summed E-state index contributed by atoms with van der Waals surface area (Å²) in [4.78, 5) is 11.9. The molecule has 26 heavy (non-hydrogen) atoms. The Morgan fingerprint density at radius 2 is 1.54 bits per heavy atom. The van der Waals surface area contributed by atoms with Crippen LogP contribution in [0.5, 0.6) is 0 Å². The molecule has 138 valence electrons. The smallest absolute Gasteiger partial charge is 0.319 e. The van der Waals surface area contributed by atoms with Crippen molar-refractivity contribution in [2.45, 2.75) is 43.5 Å². The quantitative estimate of drug-likeness (QED) is 0.718. The van der Waals surface area contributed by atoms with Gasteiger partial charge < -0.3 is 10.6 Å². The first-order chi connectivity index (χ1) is 12.3. The molecule has 0 saturated heterocycles. The molecule has 1 aliphatic rings. The summed E-state index contributed by atoms with van der Waals surface area (Å²) >= 11 is 0. The number of hydrogen-bond acceptors (Lipinski definition) is 3. The van der Waals surface area contributed by atoms with E-state index in [1.54, 1.807) is 36.4 Å². The summed E-state index contributed by atoms with van der Waals surface area (Å²) in [7, 11) is -3.65. The number of carbonyl (C=O) groups excluding carboxylic acids is 1. The van der Waals surface area contributed by atoms with Crippen molar-refractivity contribution in [3.63, 3.8) is 0 Å². The van der Waals surface area contributed by atoms with Crippen LogP contribution in [0.1, 0.15) is 38.2 Å². The predicted molar refractivity (Wildman–Crippen MR) is 103 cm³/mol. The third-order valence-corrected chi connectivity index (χ3v) is 5.56. The van der Waals surface area contributed by atoms with Crippen molar-refractivity contribution in [2.24, 2.45) is 0 Å². The van der Waals surface area contributed by atoms with E-state index in [0.29, 0.717) is 17.3 Å². The minimum atomic E-state index is -3.65. The number of amides is 2. The van der Waals surface area contributed by atoms with Gasteiger partial charge in [-0.15, -0.1) is 0 Å². The lowest BCUT2D eigenvalue weighted by molar-refractivity contribution is 0.251. The van der Waals surface area contributed by atoms with Crippen LogP contribution in [-0.2, 0) is 10.0 Å². The Morgan fingerprint density at radius 1 is 0.962 bits per heavy atom. The molecule has 6 nitrogen and oxygen atoms in total. The molecule has 1 fully saturated rings. The van der Waals surface area contributed by atoms with Crippen LogP contribution in [-0.4, -0.2) is 20.5 Å². The maximum atomic E-state index is 12.5. The second kappa shape index (κ2) is 7.37. The summed E-state index contributed by atoms with van der Waals surface area (Å²) in [6, 6.07) is 13.5. The van der Waals surface area contributed by atoms with E-state index in [-0.39, 0.29) is 17.0 Å². The van der Waals surface area contributed by atoms with Crippen LogP contribution in [0, 0.1) is 0 Å². The zero-order valence-electron chi connectivity index (χ0n) is 14.8. The van der Waals surface area contributed by atoms with Crippen molar-refractivity contribution in [1.29, 1.82) is 0 Å². The number of urea groups is 1. The fourth-order valence-electron chi connectivity index (χ4n) is 2.45. The molecule has 0 aromatic heterocycles. The molecule has 1 aliphatic carbocycles. The average Bonchev–Trinajstić information content (AvgIpc) is 3.40. The van der Waals surface area contributed by atoms with Gasteiger partial charge in [0.1, 0.15) is 0 Å². The molecule has 0 bridgehead atoms. The van der Waals surface area contributed by atoms with Crippen LogP contribution in [0.4, 0.5) is 16.2 Å². The fourth-order valence-corrected chi connectivity index (χ4v) is 3.51. The number of anilines is 2. The number of nitrogens with one attached hydrogen (secondary N) is 3. The van der Waals surface area contributed by atoms with Gasteiger partial charge in [-0.1, -0.05) is 26.0 Å². The number of benzene rings is 2. The predicted octanol–water partition coefficient (Wildman–Crippen LogP) is 3.89. The summed E-state index contributed by atoms with van der Waals surface area (Å²) in [5.74, 6) is 0.344. The van der Waals surface area contributed by atoms with Gasteiger partial charge in [0.15, 0.2) is 0 Å². The Morgan fingerprint density at radius 3 is 2.08 bits per heavy atom. The number of hydrogen-bond donors (Lipinski definition) is 3. The number of sulfonamides is 1. The van der Waals surface area contributed by atoms with Gasteiger partial charge in [-0.3, -0.25) is 4.72 Å². The monoisotopic (exact) mass is 373 g/mol. The van der Waals surface area contributed by atoms with E-state index >= 15 is 0 Å². The van der Waals surface area contributed by atoms with E-state index in [0.717, 1.165) is 18.4 Å². The lowest BCUT2D eigenvalue weighted by atomic mass is 10.0. The van der Waals surface area contributed by atoms with Gasteiger partial charge in [-0.05, 0) is 60.7 Å². The first kappa shape index (κ1) is 18.3. The largest absolute Gasteiger partial charge is 0.335 e. The van der Waals surface area contributed by atoms with Crippen molar-refractivity contribution in [2.75, 3.05) is 10.0 Å². The first-order valence-corrected chi connectivity index (χ1v) is 10.1. The van der Waals surface area contributed by atoms with Gasteiger partial charge in [0.05, 0.1) is 4.90 Å². The maximum Gasteiger partial charge on any atom is 0.319 e. The standard InChI is InChI=1S/C19H23N3O3S/c1-13(2)14-3-11-18(12-4-14)26(24,25)22-17-9-7-16(8-10-17)21-19(23)20-15-5-6-15/h3-4,7-13,15,22H,5-6H2,1-2H3,(H2,20,21,23). The summed E-state index contributed by atoms with van der Waals surface area (Å²) < 4.78 is 27.5. The molecule has 1 saturated carbocycles. The minimum absolute atomic E-state index is 0.216. The maximum absolute atomic E-state index is 12.5. The summed E-state index contributed by atoms with van der Waals surface area (Å²) in [6.07, 6.45) is 2.04. The van der Waals surface area contributed by atoms with E-state index in [1.165, 1.54) is 0 Å². The summed E-state index contributed by atoms with van der Waals surface area (Å²) in [6.45, 7) is 4.12. The van der Waals surface area contributed by atoms with E-state index in [9.17, 15) is 13.2 Å². The van der Waals surface area contributed by atoms with Crippen molar-refractivity contribution in [3.05, 3.63) is 54.1 Å². The second-order valence-electron chi connectivity index (χ2n) is 6.78. The Bertz CT molecular complexity index is 871. The van der Waals surface area contributed by atoms with E-state index in [4.69, 9.17) is 0 Å². The molecule has 0 unspecified atom stereocenters.